The fourth-order valence-electron chi connectivity index (χ4n) is 1.74. The molecule has 16 heavy (non-hydrogen) atoms. The minimum atomic E-state index is 0.0415. The lowest BCUT2D eigenvalue weighted by atomic mass is 10.2. The van der Waals surface area contributed by atoms with Crippen molar-refractivity contribution in [3.63, 3.8) is 0 Å². The van der Waals surface area contributed by atoms with Gasteiger partial charge in [-0.1, -0.05) is 0 Å². The molecule has 4 nitrogen and oxygen atoms in total. The third kappa shape index (κ3) is 4.84. The highest BCUT2D eigenvalue weighted by Crippen LogP contribution is 2.29. The van der Waals surface area contributed by atoms with Crippen LogP contribution in [0, 0.1) is 5.92 Å². The standard InChI is InChI=1S/C12H24N2O2/c1-3-14(9-11-6-7-11)12(16)13-10(2)5-4-8-15/h10-11,15H,3-9H2,1-2H3,(H,13,16). The smallest absolute Gasteiger partial charge is 0.317 e. The number of rotatable bonds is 7. The van der Waals surface area contributed by atoms with Gasteiger partial charge in [-0.2, -0.15) is 0 Å². The predicted molar refractivity (Wildman–Crippen MR) is 64.3 cm³/mol. The third-order valence-corrected chi connectivity index (χ3v) is 3.01. The van der Waals surface area contributed by atoms with Gasteiger partial charge in [0.2, 0.25) is 0 Å². The molecule has 0 saturated heterocycles. The lowest BCUT2D eigenvalue weighted by Gasteiger charge is -2.23. The van der Waals surface area contributed by atoms with Crippen LogP contribution in [0.3, 0.4) is 0 Å². The first-order valence-corrected chi connectivity index (χ1v) is 6.33. The number of nitrogens with zero attached hydrogens (tertiary/aromatic N) is 1. The first-order chi connectivity index (χ1) is 7.67. The summed E-state index contributed by atoms with van der Waals surface area (Å²) < 4.78 is 0. The zero-order valence-corrected chi connectivity index (χ0v) is 10.4. The van der Waals surface area contributed by atoms with E-state index in [0.29, 0.717) is 0 Å². The number of hydrogen-bond acceptors (Lipinski definition) is 2. The second-order valence-corrected chi connectivity index (χ2v) is 4.70. The summed E-state index contributed by atoms with van der Waals surface area (Å²) in [5.41, 5.74) is 0. The Hall–Kier alpha value is -0.770. The highest BCUT2D eigenvalue weighted by Gasteiger charge is 2.26. The average molecular weight is 228 g/mol. The molecule has 1 aliphatic carbocycles. The van der Waals surface area contributed by atoms with E-state index in [0.717, 1.165) is 31.8 Å². The van der Waals surface area contributed by atoms with Crippen molar-refractivity contribution >= 4 is 6.03 Å². The Kier molecular flexibility index (Phi) is 5.60. The maximum Gasteiger partial charge on any atom is 0.317 e. The third-order valence-electron chi connectivity index (χ3n) is 3.01. The summed E-state index contributed by atoms with van der Waals surface area (Å²) >= 11 is 0. The number of carbonyl (C=O) groups is 1. The van der Waals surface area contributed by atoms with Gasteiger partial charge in [-0.05, 0) is 45.4 Å². The molecule has 1 fully saturated rings. The number of hydrogen-bond donors (Lipinski definition) is 2. The highest BCUT2D eigenvalue weighted by molar-refractivity contribution is 5.74. The molecule has 0 heterocycles. The van der Waals surface area contributed by atoms with E-state index in [-0.39, 0.29) is 18.7 Å². The van der Waals surface area contributed by atoms with Gasteiger partial charge in [-0.15, -0.1) is 0 Å². The van der Waals surface area contributed by atoms with Gasteiger partial charge in [0.25, 0.3) is 0 Å². The first-order valence-electron chi connectivity index (χ1n) is 6.33. The zero-order valence-electron chi connectivity index (χ0n) is 10.4. The van der Waals surface area contributed by atoms with E-state index in [9.17, 15) is 4.79 Å². The van der Waals surface area contributed by atoms with E-state index in [4.69, 9.17) is 5.11 Å². The van der Waals surface area contributed by atoms with E-state index >= 15 is 0 Å². The van der Waals surface area contributed by atoms with Gasteiger partial charge in [0.1, 0.15) is 0 Å². The molecular formula is C12H24N2O2. The van der Waals surface area contributed by atoms with E-state index in [1.54, 1.807) is 0 Å². The molecule has 0 aliphatic heterocycles. The molecule has 0 spiro atoms. The van der Waals surface area contributed by atoms with Crippen LogP contribution >= 0.6 is 0 Å². The molecule has 0 bridgehead atoms. The molecule has 1 unspecified atom stereocenters. The lowest BCUT2D eigenvalue weighted by Crippen LogP contribution is -2.44. The number of aliphatic hydroxyl groups is 1. The summed E-state index contributed by atoms with van der Waals surface area (Å²) in [6.45, 7) is 5.86. The fourth-order valence-corrected chi connectivity index (χ4v) is 1.74. The van der Waals surface area contributed by atoms with Gasteiger partial charge >= 0.3 is 6.03 Å². The summed E-state index contributed by atoms with van der Waals surface area (Å²) in [6, 6.07) is 0.188. The summed E-state index contributed by atoms with van der Waals surface area (Å²) in [4.78, 5) is 13.7. The molecule has 1 atom stereocenters. The summed E-state index contributed by atoms with van der Waals surface area (Å²) in [5, 5.41) is 11.7. The van der Waals surface area contributed by atoms with Crippen molar-refractivity contribution in [2.45, 2.75) is 45.6 Å². The Morgan fingerprint density at radius 1 is 1.56 bits per heavy atom. The Bertz CT molecular complexity index is 217. The summed E-state index contributed by atoms with van der Waals surface area (Å²) in [5.74, 6) is 0.735. The predicted octanol–water partition coefficient (Wildman–Crippen LogP) is 1.59. The number of amides is 2. The van der Waals surface area contributed by atoms with Crippen molar-refractivity contribution in [2.24, 2.45) is 5.92 Å². The van der Waals surface area contributed by atoms with Crippen molar-refractivity contribution in [3.05, 3.63) is 0 Å². The second kappa shape index (κ2) is 6.74. The summed E-state index contributed by atoms with van der Waals surface area (Å²) in [7, 11) is 0. The monoisotopic (exact) mass is 228 g/mol. The summed E-state index contributed by atoms with van der Waals surface area (Å²) in [6.07, 6.45) is 4.12. The van der Waals surface area contributed by atoms with E-state index in [2.05, 4.69) is 5.32 Å². The molecule has 2 amide bonds. The maximum absolute atomic E-state index is 11.9. The van der Waals surface area contributed by atoms with Crippen molar-refractivity contribution in [1.82, 2.24) is 10.2 Å². The minimum Gasteiger partial charge on any atom is -0.396 e. The minimum absolute atomic E-state index is 0.0415. The van der Waals surface area contributed by atoms with Crippen LogP contribution in [0.15, 0.2) is 0 Å². The van der Waals surface area contributed by atoms with Crippen LogP contribution in [0.2, 0.25) is 0 Å². The van der Waals surface area contributed by atoms with Gasteiger partial charge in [-0.25, -0.2) is 4.79 Å². The second-order valence-electron chi connectivity index (χ2n) is 4.70. The number of aliphatic hydroxyl groups excluding tert-OH is 1. The van der Waals surface area contributed by atoms with Gasteiger partial charge < -0.3 is 15.3 Å². The average Bonchev–Trinajstić information content (AvgIpc) is 3.06. The van der Waals surface area contributed by atoms with Crippen molar-refractivity contribution in [3.8, 4) is 0 Å². The number of nitrogens with one attached hydrogen (secondary N) is 1. The first kappa shape index (κ1) is 13.3. The quantitative estimate of drug-likeness (QED) is 0.695. The van der Waals surface area contributed by atoms with Gasteiger partial charge in [0, 0.05) is 25.7 Å². The van der Waals surface area contributed by atoms with Crippen molar-refractivity contribution in [1.29, 1.82) is 0 Å². The molecule has 1 aliphatic rings. The molecule has 0 aromatic heterocycles. The molecular weight excluding hydrogens is 204 g/mol. The molecule has 94 valence electrons. The molecule has 2 N–H and O–H groups in total. The van der Waals surface area contributed by atoms with Gasteiger partial charge in [-0.3, -0.25) is 0 Å². The molecule has 0 aromatic carbocycles. The Morgan fingerprint density at radius 2 is 2.25 bits per heavy atom. The van der Waals surface area contributed by atoms with Crippen molar-refractivity contribution < 1.29 is 9.90 Å². The molecule has 0 aromatic rings. The van der Waals surface area contributed by atoms with Crippen LogP contribution in [-0.2, 0) is 0 Å². The van der Waals surface area contributed by atoms with E-state index < -0.39 is 0 Å². The van der Waals surface area contributed by atoms with E-state index in [1.807, 2.05) is 18.7 Å². The van der Waals surface area contributed by atoms with Crippen LogP contribution in [0.5, 0.6) is 0 Å². The molecule has 0 radical (unpaired) electrons. The van der Waals surface area contributed by atoms with Crippen LogP contribution in [0.4, 0.5) is 4.79 Å². The Balaban J connectivity index is 2.24. The molecule has 1 rings (SSSR count). The topological polar surface area (TPSA) is 52.6 Å². The normalized spacial score (nSPS) is 16.9. The fraction of sp³-hybridized carbons (Fsp3) is 0.917. The number of urea groups is 1. The number of carbonyl (C=O) groups excluding carboxylic acids is 1. The zero-order chi connectivity index (χ0) is 12.0. The molecule has 1 saturated carbocycles. The Labute approximate surface area is 98.0 Å². The Morgan fingerprint density at radius 3 is 2.75 bits per heavy atom. The van der Waals surface area contributed by atoms with Gasteiger partial charge in [0.05, 0.1) is 0 Å². The van der Waals surface area contributed by atoms with Crippen LogP contribution in [-0.4, -0.2) is 41.8 Å². The van der Waals surface area contributed by atoms with E-state index in [1.165, 1.54) is 12.8 Å². The highest BCUT2D eigenvalue weighted by atomic mass is 16.3. The SMILES string of the molecule is CCN(CC1CC1)C(=O)NC(C)CCCO. The van der Waals surface area contributed by atoms with Crippen LogP contribution < -0.4 is 5.32 Å². The van der Waals surface area contributed by atoms with Gasteiger partial charge in [0.15, 0.2) is 0 Å². The largest absolute Gasteiger partial charge is 0.396 e. The van der Waals surface area contributed by atoms with Crippen LogP contribution in [0.25, 0.3) is 0 Å². The molecule has 4 heteroatoms. The van der Waals surface area contributed by atoms with Crippen LogP contribution in [0.1, 0.15) is 39.5 Å². The maximum atomic E-state index is 11.9. The lowest BCUT2D eigenvalue weighted by molar-refractivity contribution is 0.193. The van der Waals surface area contributed by atoms with Crippen molar-refractivity contribution in [2.75, 3.05) is 19.7 Å².